The van der Waals surface area contributed by atoms with Crippen molar-refractivity contribution in [1.82, 2.24) is 14.9 Å². The molecule has 3 aromatic rings. The average Bonchev–Trinajstić information content (AvgIpc) is 3.29. The van der Waals surface area contributed by atoms with Crippen LogP contribution in [0, 0.1) is 0 Å². The molecular weight excluding hydrogens is 374 g/mol. The molecule has 0 aliphatic carbocycles. The molecule has 1 saturated heterocycles. The Balaban J connectivity index is 1.49. The summed E-state index contributed by atoms with van der Waals surface area (Å²) in [6.45, 7) is 2.85. The number of aromatic nitrogens is 2. The van der Waals surface area contributed by atoms with Crippen LogP contribution in [0.5, 0.6) is 5.75 Å². The van der Waals surface area contributed by atoms with Crippen LogP contribution in [0.3, 0.4) is 0 Å². The summed E-state index contributed by atoms with van der Waals surface area (Å²) in [5.41, 5.74) is 1.32. The van der Waals surface area contributed by atoms with Crippen LogP contribution in [0.25, 0.3) is 0 Å². The Morgan fingerprint density at radius 2 is 1.89 bits per heavy atom. The van der Waals surface area contributed by atoms with Crippen molar-refractivity contribution in [3.05, 3.63) is 59.7 Å². The highest BCUT2D eigenvalue weighted by Crippen LogP contribution is 2.28. The molecule has 0 saturated carbocycles. The quantitative estimate of drug-likeness (QED) is 0.715. The molecule has 0 unspecified atom stereocenters. The van der Waals surface area contributed by atoms with E-state index >= 15 is 0 Å². The molecule has 2 aromatic heterocycles. The molecule has 1 fully saturated rings. The summed E-state index contributed by atoms with van der Waals surface area (Å²) in [6.07, 6.45) is 3.48. The van der Waals surface area contributed by atoms with Gasteiger partial charge in [-0.3, -0.25) is 4.79 Å². The molecule has 1 amide bonds. The molecule has 3 heterocycles. The number of methoxy groups -OCH3 is 1. The van der Waals surface area contributed by atoms with Gasteiger partial charge in [0.1, 0.15) is 11.6 Å². The van der Waals surface area contributed by atoms with Crippen LogP contribution in [0.1, 0.15) is 10.4 Å². The van der Waals surface area contributed by atoms with Gasteiger partial charge in [0, 0.05) is 44.0 Å². The number of pyridine rings is 1. The van der Waals surface area contributed by atoms with Crippen molar-refractivity contribution in [3.63, 3.8) is 0 Å². The first-order chi connectivity index (χ1) is 13.8. The fourth-order valence-electron chi connectivity index (χ4n) is 3.20. The molecular formula is C20H21N5O2S. The second kappa shape index (κ2) is 8.26. The maximum absolute atomic E-state index is 13.1. The largest absolute Gasteiger partial charge is 0.495 e. The molecule has 4 rings (SSSR count). The lowest BCUT2D eigenvalue weighted by Crippen LogP contribution is -2.48. The van der Waals surface area contributed by atoms with E-state index in [1.165, 1.54) is 0 Å². The van der Waals surface area contributed by atoms with Crippen LogP contribution < -0.4 is 15.0 Å². The number of thiazole rings is 1. The summed E-state index contributed by atoms with van der Waals surface area (Å²) in [5.74, 6) is 1.20. The summed E-state index contributed by atoms with van der Waals surface area (Å²) in [5, 5.41) is 6.22. The monoisotopic (exact) mass is 395 g/mol. The number of para-hydroxylation sites is 2. The Hall–Kier alpha value is -3.13. The van der Waals surface area contributed by atoms with Crippen LogP contribution in [0.2, 0.25) is 0 Å². The number of nitrogens with one attached hydrogen (secondary N) is 1. The Bertz CT molecular complexity index is 939. The van der Waals surface area contributed by atoms with Gasteiger partial charge in [0.25, 0.3) is 5.91 Å². The van der Waals surface area contributed by atoms with Crippen LogP contribution in [-0.4, -0.2) is 54.1 Å². The lowest BCUT2D eigenvalue weighted by Gasteiger charge is -2.34. The molecule has 0 bridgehead atoms. The summed E-state index contributed by atoms with van der Waals surface area (Å²) in [6, 6.07) is 11.2. The van der Waals surface area contributed by atoms with E-state index < -0.39 is 0 Å². The van der Waals surface area contributed by atoms with E-state index in [0.717, 1.165) is 23.9 Å². The van der Waals surface area contributed by atoms with Gasteiger partial charge >= 0.3 is 0 Å². The summed E-state index contributed by atoms with van der Waals surface area (Å²) < 4.78 is 5.39. The Kier molecular flexibility index (Phi) is 5.38. The predicted molar refractivity (Wildman–Crippen MR) is 111 cm³/mol. The van der Waals surface area contributed by atoms with E-state index in [2.05, 4.69) is 20.2 Å². The van der Waals surface area contributed by atoms with Crippen molar-refractivity contribution < 1.29 is 9.53 Å². The van der Waals surface area contributed by atoms with Gasteiger partial charge in [0.2, 0.25) is 0 Å². The molecule has 7 nitrogen and oxygen atoms in total. The van der Waals surface area contributed by atoms with Crippen molar-refractivity contribution in [2.45, 2.75) is 0 Å². The highest BCUT2D eigenvalue weighted by atomic mass is 32.1. The zero-order valence-corrected chi connectivity index (χ0v) is 16.4. The highest BCUT2D eigenvalue weighted by Gasteiger charge is 2.25. The second-order valence-electron chi connectivity index (χ2n) is 6.32. The van der Waals surface area contributed by atoms with E-state index in [-0.39, 0.29) is 5.91 Å². The van der Waals surface area contributed by atoms with Gasteiger partial charge < -0.3 is 19.9 Å². The van der Waals surface area contributed by atoms with Crippen molar-refractivity contribution >= 4 is 33.9 Å². The number of carbonyl (C=O) groups is 1. The molecule has 0 radical (unpaired) electrons. The number of rotatable bonds is 5. The van der Waals surface area contributed by atoms with Gasteiger partial charge in [-0.2, -0.15) is 0 Å². The zero-order valence-electron chi connectivity index (χ0n) is 15.5. The molecule has 1 aliphatic heterocycles. The van der Waals surface area contributed by atoms with Gasteiger partial charge in [0.15, 0.2) is 5.13 Å². The molecule has 0 spiro atoms. The molecule has 1 aliphatic rings. The van der Waals surface area contributed by atoms with E-state index in [1.807, 2.05) is 40.7 Å². The first-order valence-electron chi connectivity index (χ1n) is 9.05. The van der Waals surface area contributed by atoms with Crippen molar-refractivity contribution in [2.75, 3.05) is 43.5 Å². The van der Waals surface area contributed by atoms with Crippen molar-refractivity contribution in [2.24, 2.45) is 0 Å². The van der Waals surface area contributed by atoms with E-state index in [1.54, 1.807) is 36.8 Å². The molecule has 1 N–H and O–H groups in total. The number of ether oxygens (including phenoxy) is 1. The van der Waals surface area contributed by atoms with Gasteiger partial charge in [-0.1, -0.05) is 12.1 Å². The first-order valence-corrected chi connectivity index (χ1v) is 9.93. The van der Waals surface area contributed by atoms with E-state index in [9.17, 15) is 4.79 Å². The minimum atomic E-state index is -0.0238. The van der Waals surface area contributed by atoms with Gasteiger partial charge in [-0.05, 0) is 24.3 Å². The minimum Gasteiger partial charge on any atom is -0.495 e. The van der Waals surface area contributed by atoms with Gasteiger partial charge in [-0.15, -0.1) is 11.3 Å². The topological polar surface area (TPSA) is 70.6 Å². The van der Waals surface area contributed by atoms with Crippen molar-refractivity contribution in [1.29, 1.82) is 0 Å². The number of hydrogen-bond donors (Lipinski definition) is 1. The maximum atomic E-state index is 13.1. The lowest BCUT2D eigenvalue weighted by molar-refractivity contribution is 0.0747. The average molecular weight is 395 g/mol. The Morgan fingerprint density at radius 1 is 1.07 bits per heavy atom. The fraction of sp³-hybridized carbons (Fsp3) is 0.250. The third-order valence-corrected chi connectivity index (χ3v) is 5.49. The number of nitrogens with zero attached hydrogens (tertiary/aromatic N) is 4. The fourth-order valence-corrected chi connectivity index (χ4v) is 3.89. The van der Waals surface area contributed by atoms with Gasteiger partial charge in [-0.25, -0.2) is 9.97 Å². The second-order valence-corrected chi connectivity index (χ2v) is 7.19. The normalized spacial score (nSPS) is 14.0. The summed E-state index contributed by atoms with van der Waals surface area (Å²) in [4.78, 5) is 26.0. The maximum Gasteiger partial charge on any atom is 0.257 e. The van der Waals surface area contributed by atoms with Crippen LogP contribution in [0.4, 0.5) is 16.6 Å². The highest BCUT2D eigenvalue weighted by molar-refractivity contribution is 7.13. The SMILES string of the molecule is COc1ccccc1Nc1ncccc1C(=O)N1CCN(c2nccs2)CC1. The number of carbonyl (C=O) groups excluding carboxylic acids is 1. The number of amides is 1. The Morgan fingerprint density at radius 3 is 2.64 bits per heavy atom. The number of benzene rings is 1. The molecule has 1 aromatic carbocycles. The van der Waals surface area contributed by atoms with Crippen LogP contribution >= 0.6 is 11.3 Å². The minimum absolute atomic E-state index is 0.0238. The lowest BCUT2D eigenvalue weighted by atomic mass is 10.2. The molecule has 144 valence electrons. The predicted octanol–water partition coefficient (Wildman–Crippen LogP) is 3.25. The Labute approximate surface area is 167 Å². The van der Waals surface area contributed by atoms with Crippen LogP contribution in [0.15, 0.2) is 54.2 Å². The molecule has 8 heteroatoms. The van der Waals surface area contributed by atoms with Crippen LogP contribution in [-0.2, 0) is 0 Å². The standard InChI is InChI=1S/C20H21N5O2S/c1-27-17-7-3-2-6-16(17)23-18-15(5-4-8-21-18)19(26)24-10-12-25(13-11-24)20-22-9-14-28-20/h2-9,14H,10-13H2,1H3,(H,21,23). The smallest absolute Gasteiger partial charge is 0.257 e. The first kappa shape index (κ1) is 18.2. The number of piperazine rings is 1. The summed E-state index contributed by atoms with van der Waals surface area (Å²) in [7, 11) is 1.62. The van der Waals surface area contributed by atoms with E-state index in [0.29, 0.717) is 30.2 Å². The van der Waals surface area contributed by atoms with Crippen molar-refractivity contribution in [3.8, 4) is 5.75 Å². The number of hydrogen-bond acceptors (Lipinski definition) is 7. The third-order valence-electron chi connectivity index (χ3n) is 4.65. The number of anilines is 3. The van der Waals surface area contributed by atoms with E-state index in [4.69, 9.17) is 4.74 Å². The molecule has 28 heavy (non-hydrogen) atoms. The molecule has 0 atom stereocenters. The zero-order chi connectivity index (χ0) is 19.3. The summed E-state index contributed by atoms with van der Waals surface area (Å²) >= 11 is 1.62. The van der Waals surface area contributed by atoms with Gasteiger partial charge in [0.05, 0.1) is 18.4 Å². The third kappa shape index (κ3) is 3.77.